The fraction of sp³-hybridized carbons (Fsp3) is 0.550. The van der Waals surface area contributed by atoms with E-state index < -0.39 is 0 Å². The molecule has 7 nitrogen and oxygen atoms in total. The first-order valence-electron chi connectivity index (χ1n) is 9.72. The topological polar surface area (TPSA) is 74.5 Å². The largest absolute Gasteiger partial charge is 0.348 e. The van der Waals surface area contributed by atoms with E-state index in [0.717, 1.165) is 42.0 Å². The Labute approximate surface area is 174 Å². The van der Waals surface area contributed by atoms with Crippen molar-refractivity contribution in [3.63, 3.8) is 0 Å². The molecule has 28 heavy (non-hydrogen) atoms. The molecule has 0 aliphatic carbocycles. The molecule has 1 aliphatic heterocycles. The maximum absolute atomic E-state index is 12.4. The smallest absolute Gasteiger partial charge is 0.240 e. The number of hydrogen-bond acceptors (Lipinski definition) is 6. The first-order valence-corrected chi connectivity index (χ1v) is 10.5. The highest BCUT2D eigenvalue weighted by Crippen LogP contribution is 2.16. The number of carbonyl (C=O) groups excluding carboxylic acids is 1. The van der Waals surface area contributed by atoms with Crippen molar-refractivity contribution in [1.29, 1.82) is 0 Å². The standard InChI is InChI=1S/C20H28BrN5O2/c1-14(2)20-23-19(28-24-20)13-26-10-8-25(9-11-26)12-18(27)22-15(3)16-4-6-17(21)7-5-16/h4-7,14-15H,8-13H2,1-3H3,(H,22,27). The molecule has 1 amide bonds. The monoisotopic (exact) mass is 449 g/mol. The van der Waals surface area contributed by atoms with Crippen LogP contribution < -0.4 is 5.32 Å². The van der Waals surface area contributed by atoms with Gasteiger partial charge in [-0.2, -0.15) is 4.98 Å². The van der Waals surface area contributed by atoms with Crippen LogP contribution in [-0.4, -0.2) is 58.6 Å². The van der Waals surface area contributed by atoms with Gasteiger partial charge in [-0.3, -0.25) is 14.6 Å². The lowest BCUT2D eigenvalue weighted by atomic mass is 10.1. The van der Waals surface area contributed by atoms with E-state index in [1.165, 1.54) is 0 Å². The molecule has 152 valence electrons. The number of nitrogens with one attached hydrogen (secondary N) is 1. The lowest BCUT2D eigenvalue weighted by molar-refractivity contribution is -0.123. The number of rotatable bonds is 7. The number of piperazine rings is 1. The van der Waals surface area contributed by atoms with Crippen molar-refractivity contribution in [2.24, 2.45) is 0 Å². The van der Waals surface area contributed by atoms with Crippen LogP contribution in [-0.2, 0) is 11.3 Å². The Bertz CT molecular complexity index is 769. The third-order valence-corrected chi connectivity index (χ3v) is 5.47. The van der Waals surface area contributed by atoms with Crippen molar-refractivity contribution in [3.8, 4) is 0 Å². The third-order valence-electron chi connectivity index (χ3n) is 4.94. The van der Waals surface area contributed by atoms with Crippen molar-refractivity contribution in [1.82, 2.24) is 25.3 Å². The number of amides is 1. The van der Waals surface area contributed by atoms with Gasteiger partial charge in [-0.15, -0.1) is 0 Å². The Morgan fingerprint density at radius 2 is 1.79 bits per heavy atom. The van der Waals surface area contributed by atoms with Gasteiger partial charge in [0.2, 0.25) is 11.8 Å². The van der Waals surface area contributed by atoms with Crippen LogP contribution in [0.15, 0.2) is 33.3 Å². The molecule has 0 saturated carbocycles. The second-order valence-electron chi connectivity index (χ2n) is 7.59. The normalized spacial score (nSPS) is 17.0. The Hall–Kier alpha value is -1.77. The van der Waals surface area contributed by atoms with E-state index in [1.54, 1.807) is 0 Å². The fourth-order valence-electron chi connectivity index (χ4n) is 3.19. The Morgan fingerprint density at radius 3 is 2.39 bits per heavy atom. The van der Waals surface area contributed by atoms with Gasteiger partial charge in [-0.25, -0.2) is 0 Å². The maximum atomic E-state index is 12.4. The van der Waals surface area contributed by atoms with E-state index in [4.69, 9.17) is 4.52 Å². The lowest BCUT2D eigenvalue weighted by Crippen LogP contribution is -2.49. The molecular formula is C20H28BrN5O2. The van der Waals surface area contributed by atoms with Crippen LogP contribution in [0.2, 0.25) is 0 Å². The quantitative estimate of drug-likeness (QED) is 0.700. The summed E-state index contributed by atoms with van der Waals surface area (Å²) in [6.45, 7) is 10.7. The fourth-order valence-corrected chi connectivity index (χ4v) is 3.45. The number of hydrogen-bond donors (Lipinski definition) is 1. The number of carbonyl (C=O) groups is 1. The van der Waals surface area contributed by atoms with Crippen LogP contribution in [0.5, 0.6) is 0 Å². The van der Waals surface area contributed by atoms with Crippen LogP contribution in [0.25, 0.3) is 0 Å². The number of aromatic nitrogens is 2. The minimum atomic E-state index is -0.00503. The van der Waals surface area contributed by atoms with Crippen molar-refractivity contribution < 1.29 is 9.32 Å². The van der Waals surface area contributed by atoms with Gasteiger partial charge in [-0.1, -0.05) is 47.1 Å². The van der Waals surface area contributed by atoms with Crippen molar-refractivity contribution in [2.75, 3.05) is 32.7 Å². The van der Waals surface area contributed by atoms with Gasteiger partial charge in [0.15, 0.2) is 5.82 Å². The van der Waals surface area contributed by atoms with Crippen LogP contribution >= 0.6 is 15.9 Å². The van der Waals surface area contributed by atoms with Gasteiger partial charge in [0.1, 0.15) is 0 Å². The summed E-state index contributed by atoms with van der Waals surface area (Å²) in [5.74, 6) is 1.75. The highest BCUT2D eigenvalue weighted by atomic mass is 79.9. The minimum Gasteiger partial charge on any atom is -0.348 e. The average Bonchev–Trinajstić information content (AvgIpc) is 3.12. The van der Waals surface area contributed by atoms with Gasteiger partial charge >= 0.3 is 0 Å². The molecule has 2 aromatic rings. The molecule has 3 rings (SSSR count). The predicted octanol–water partition coefficient (Wildman–Crippen LogP) is 2.95. The molecular weight excluding hydrogens is 422 g/mol. The molecule has 1 aliphatic rings. The maximum Gasteiger partial charge on any atom is 0.240 e. The predicted molar refractivity (Wildman–Crippen MR) is 111 cm³/mol. The third kappa shape index (κ3) is 5.86. The summed E-state index contributed by atoms with van der Waals surface area (Å²) in [4.78, 5) is 21.3. The molecule has 0 radical (unpaired) electrons. The van der Waals surface area contributed by atoms with Crippen LogP contribution in [0.4, 0.5) is 0 Å². The van der Waals surface area contributed by atoms with Gasteiger partial charge < -0.3 is 9.84 Å². The van der Waals surface area contributed by atoms with E-state index in [0.29, 0.717) is 19.0 Å². The van der Waals surface area contributed by atoms with Crippen molar-refractivity contribution in [3.05, 3.63) is 46.0 Å². The van der Waals surface area contributed by atoms with Gasteiger partial charge in [-0.05, 0) is 24.6 Å². The summed E-state index contributed by atoms with van der Waals surface area (Å²) in [7, 11) is 0. The summed E-state index contributed by atoms with van der Waals surface area (Å²) in [6, 6.07) is 8.02. The number of nitrogens with zero attached hydrogens (tertiary/aromatic N) is 4. The van der Waals surface area contributed by atoms with Crippen molar-refractivity contribution >= 4 is 21.8 Å². The van der Waals surface area contributed by atoms with E-state index in [9.17, 15) is 4.79 Å². The molecule has 2 heterocycles. The summed E-state index contributed by atoms with van der Waals surface area (Å²) in [5.41, 5.74) is 1.10. The van der Waals surface area contributed by atoms with E-state index >= 15 is 0 Å². The average molecular weight is 450 g/mol. The van der Waals surface area contributed by atoms with E-state index in [2.05, 4.69) is 55.0 Å². The van der Waals surface area contributed by atoms with Gasteiger partial charge in [0.05, 0.1) is 19.1 Å². The molecule has 1 aromatic heterocycles. The first-order chi connectivity index (χ1) is 13.4. The summed E-state index contributed by atoms with van der Waals surface area (Å²) in [6.07, 6.45) is 0. The first kappa shape index (κ1) is 21.0. The van der Waals surface area contributed by atoms with Crippen LogP contribution in [0, 0.1) is 0 Å². The molecule has 1 aromatic carbocycles. The second-order valence-corrected chi connectivity index (χ2v) is 8.51. The number of halogens is 1. The van der Waals surface area contributed by atoms with Crippen molar-refractivity contribution in [2.45, 2.75) is 39.3 Å². The summed E-state index contributed by atoms with van der Waals surface area (Å²) in [5, 5.41) is 7.10. The van der Waals surface area contributed by atoms with Crippen LogP contribution in [0.1, 0.15) is 50.0 Å². The SMILES string of the molecule is CC(C)c1noc(CN2CCN(CC(=O)NC(C)c3ccc(Br)cc3)CC2)n1. The Balaban J connectivity index is 1.40. The Kier molecular flexibility index (Phi) is 7.20. The highest BCUT2D eigenvalue weighted by Gasteiger charge is 2.21. The minimum absolute atomic E-state index is 0.00503. The molecule has 1 fully saturated rings. The molecule has 1 unspecified atom stereocenters. The molecule has 0 spiro atoms. The zero-order chi connectivity index (χ0) is 20.1. The zero-order valence-corrected chi connectivity index (χ0v) is 18.3. The highest BCUT2D eigenvalue weighted by molar-refractivity contribution is 9.10. The lowest BCUT2D eigenvalue weighted by Gasteiger charge is -2.33. The molecule has 0 bridgehead atoms. The van der Waals surface area contributed by atoms with Gasteiger partial charge in [0, 0.05) is 36.6 Å². The molecule has 1 atom stereocenters. The molecule has 8 heteroatoms. The van der Waals surface area contributed by atoms with E-state index in [1.807, 2.05) is 31.2 Å². The second kappa shape index (κ2) is 9.62. The zero-order valence-electron chi connectivity index (χ0n) is 16.7. The summed E-state index contributed by atoms with van der Waals surface area (Å²) >= 11 is 3.43. The number of benzene rings is 1. The van der Waals surface area contributed by atoms with E-state index in [-0.39, 0.29) is 17.9 Å². The summed E-state index contributed by atoms with van der Waals surface area (Å²) < 4.78 is 6.37. The van der Waals surface area contributed by atoms with Crippen LogP contribution in [0.3, 0.4) is 0 Å². The molecule has 1 saturated heterocycles. The van der Waals surface area contributed by atoms with Gasteiger partial charge in [0.25, 0.3) is 0 Å². The molecule has 1 N–H and O–H groups in total. The Morgan fingerprint density at radius 1 is 1.14 bits per heavy atom.